The van der Waals surface area contributed by atoms with Gasteiger partial charge in [0.15, 0.2) is 5.79 Å². The average Bonchev–Trinajstić information content (AvgIpc) is 3.22. The molecule has 0 bridgehead atoms. The van der Waals surface area contributed by atoms with Gasteiger partial charge in [-0.05, 0) is 60.4 Å². The van der Waals surface area contributed by atoms with E-state index in [4.69, 9.17) is 9.47 Å². The highest BCUT2D eigenvalue weighted by atomic mass is 19.1. The van der Waals surface area contributed by atoms with Crippen LogP contribution < -0.4 is 0 Å². The smallest absolute Gasteiger partial charge is 0.169 e. The number of fused-ring (bicyclic) bond motifs is 2. The van der Waals surface area contributed by atoms with E-state index in [1.807, 2.05) is 6.20 Å². The summed E-state index contributed by atoms with van der Waals surface area (Å²) in [5.74, 6) is 1.35. The molecular weight excluding hydrogens is 293 g/mol. The van der Waals surface area contributed by atoms with Gasteiger partial charge < -0.3 is 9.47 Å². The summed E-state index contributed by atoms with van der Waals surface area (Å²) < 4.78 is 25.4. The zero-order valence-corrected chi connectivity index (χ0v) is 13.0. The highest BCUT2D eigenvalue weighted by Gasteiger charge is 2.52. The molecule has 0 radical (unpaired) electrons. The van der Waals surface area contributed by atoms with E-state index in [1.165, 1.54) is 11.6 Å². The van der Waals surface area contributed by atoms with E-state index in [2.05, 4.69) is 11.1 Å². The molecule has 3 atom stereocenters. The van der Waals surface area contributed by atoms with Crippen molar-refractivity contribution in [3.05, 3.63) is 41.8 Å². The van der Waals surface area contributed by atoms with E-state index in [0.29, 0.717) is 17.8 Å². The van der Waals surface area contributed by atoms with Crippen LogP contribution in [0.4, 0.5) is 4.39 Å². The van der Waals surface area contributed by atoms with E-state index in [0.717, 1.165) is 49.8 Å². The van der Waals surface area contributed by atoms with Crippen LogP contribution >= 0.6 is 0 Å². The van der Waals surface area contributed by atoms with Gasteiger partial charge in [-0.3, -0.25) is 4.98 Å². The molecule has 0 N–H and O–H groups in total. The summed E-state index contributed by atoms with van der Waals surface area (Å²) in [6.07, 6.45) is 6.19. The molecule has 3 nitrogen and oxygen atoms in total. The molecule has 1 aromatic heterocycles. The SMILES string of the molecule is Fc1ccc2nccc(C3C[C@@H]4CC5(C[C@@H]4C3)OCCO5)c2c1. The largest absolute Gasteiger partial charge is 0.348 e. The maximum absolute atomic E-state index is 13.7. The van der Waals surface area contributed by atoms with E-state index >= 15 is 0 Å². The second-order valence-electron chi connectivity index (χ2n) is 7.27. The topological polar surface area (TPSA) is 31.4 Å². The molecule has 4 heteroatoms. The Kier molecular flexibility index (Phi) is 3.01. The fourth-order valence-electron chi connectivity index (χ4n) is 5.08. The number of rotatable bonds is 1. The third-order valence-electron chi connectivity index (χ3n) is 5.98. The van der Waals surface area contributed by atoms with Crippen molar-refractivity contribution in [2.45, 2.75) is 37.4 Å². The normalized spacial score (nSPS) is 32.0. The van der Waals surface area contributed by atoms with Crippen LogP contribution in [0.3, 0.4) is 0 Å². The Labute approximate surface area is 134 Å². The molecule has 1 spiro atoms. The van der Waals surface area contributed by atoms with Crippen LogP contribution in [0.25, 0.3) is 10.9 Å². The molecule has 0 amide bonds. The molecule has 5 rings (SSSR count). The van der Waals surface area contributed by atoms with Crippen LogP contribution in [-0.4, -0.2) is 24.0 Å². The van der Waals surface area contributed by atoms with Gasteiger partial charge in [-0.1, -0.05) is 0 Å². The Balaban J connectivity index is 1.44. The number of nitrogens with zero attached hydrogens (tertiary/aromatic N) is 1. The molecule has 2 aromatic rings. The Morgan fingerprint density at radius 3 is 2.52 bits per heavy atom. The fraction of sp³-hybridized carbons (Fsp3) is 0.526. The van der Waals surface area contributed by atoms with E-state index in [9.17, 15) is 4.39 Å². The monoisotopic (exact) mass is 313 g/mol. The zero-order chi connectivity index (χ0) is 15.4. The molecule has 1 aromatic carbocycles. The van der Waals surface area contributed by atoms with Crippen molar-refractivity contribution in [2.24, 2.45) is 11.8 Å². The second kappa shape index (κ2) is 4.99. The predicted molar refractivity (Wildman–Crippen MR) is 84.5 cm³/mol. The summed E-state index contributed by atoms with van der Waals surface area (Å²) in [5.41, 5.74) is 2.14. The Morgan fingerprint density at radius 2 is 1.78 bits per heavy atom. The van der Waals surface area contributed by atoms with Gasteiger partial charge in [0.05, 0.1) is 18.7 Å². The maximum Gasteiger partial charge on any atom is 0.169 e. The lowest BCUT2D eigenvalue weighted by atomic mass is 9.91. The van der Waals surface area contributed by atoms with E-state index in [-0.39, 0.29) is 11.6 Å². The first kappa shape index (κ1) is 13.9. The number of hydrogen-bond acceptors (Lipinski definition) is 3. The van der Waals surface area contributed by atoms with Gasteiger partial charge in [0.25, 0.3) is 0 Å². The molecule has 3 aliphatic rings. The fourth-order valence-corrected chi connectivity index (χ4v) is 5.08. The van der Waals surface area contributed by atoms with Crippen LogP contribution in [-0.2, 0) is 9.47 Å². The van der Waals surface area contributed by atoms with E-state index in [1.54, 1.807) is 12.1 Å². The highest BCUT2D eigenvalue weighted by Crippen LogP contribution is 2.56. The average molecular weight is 313 g/mol. The lowest BCUT2D eigenvalue weighted by molar-refractivity contribution is -0.155. The van der Waals surface area contributed by atoms with Gasteiger partial charge >= 0.3 is 0 Å². The number of benzene rings is 1. The molecule has 23 heavy (non-hydrogen) atoms. The third-order valence-corrected chi connectivity index (χ3v) is 5.98. The highest BCUT2D eigenvalue weighted by molar-refractivity contribution is 5.82. The van der Waals surface area contributed by atoms with Crippen molar-refractivity contribution in [3.63, 3.8) is 0 Å². The van der Waals surface area contributed by atoms with Crippen LogP contribution in [0, 0.1) is 17.7 Å². The number of halogens is 1. The van der Waals surface area contributed by atoms with Crippen LogP contribution in [0.1, 0.15) is 37.2 Å². The molecule has 3 fully saturated rings. The van der Waals surface area contributed by atoms with Crippen LogP contribution in [0.2, 0.25) is 0 Å². The van der Waals surface area contributed by atoms with Crippen molar-refractivity contribution < 1.29 is 13.9 Å². The Hall–Kier alpha value is -1.52. The summed E-state index contributed by atoms with van der Waals surface area (Å²) in [4.78, 5) is 4.38. The summed E-state index contributed by atoms with van der Waals surface area (Å²) in [5, 5.41) is 0.973. The summed E-state index contributed by atoms with van der Waals surface area (Å²) in [6, 6.07) is 6.97. The molecule has 1 saturated heterocycles. The second-order valence-corrected chi connectivity index (χ2v) is 7.27. The van der Waals surface area contributed by atoms with Gasteiger partial charge in [-0.2, -0.15) is 0 Å². The van der Waals surface area contributed by atoms with Crippen molar-refractivity contribution in [1.82, 2.24) is 4.98 Å². The van der Waals surface area contributed by atoms with Gasteiger partial charge in [0.1, 0.15) is 5.82 Å². The minimum absolute atomic E-state index is 0.184. The number of ether oxygens (including phenoxy) is 2. The summed E-state index contributed by atoms with van der Waals surface area (Å²) in [6.45, 7) is 1.47. The lowest BCUT2D eigenvalue weighted by Crippen LogP contribution is -2.27. The zero-order valence-electron chi connectivity index (χ0n) is 13.0. The van der Waals surface area contributed by atoms with Crippen molar-refractivity contribution >= 4 is 10.9 Å². The predicted octanol–water partition coefficient (Wildman–Crippen LogP) is 4.02. The minimum atomic E-state index is -0.285. The quantitative estimate of drug-likeness (QED) is 0.797. The first-order valence-corrected chi connectivity index (χ1v) is 8.55. The van der Waals surface area contributed by atoms with Gasteiger partial charge in [0.2, 0.25) is 0 Å². The van der Waals surface area contributed by atoms with Crippen molar-refractivity contribution in [3.8, 4) is 0 Å². The molecule has 120 valence electrons. The van der Waals surface area contributed by atoms with E-state index < -0.39 is 0 Å². The summed E-state index contributed by atoms with van der Waals surface area (Å²) >= 11 is 0. The lowest BCUT2D eigenvalue weighted by Gasteiger charge is -2.24. The van der Waals surface area contributed by atoms with Crippen LogP contribution in [0.5, 0.6) is 0 Å². The number of hydrogen-bond donors (Lipinski definition) is 0. The number of aromatic nitrogens is 1. The minimum Gasteiger partial charge on any atom is -0.348 e. The Morgan fingerprint density at radius 1 is 1.04 bits per heavy atom. The molecule has 2 aliphatic carbocycles. The molecule has 1 aliphatic heterocycles. The van der Waals surface area contributed by atoms with Gasteiger partial charge in [0, 0.05) is 24.4 Å². The van der Waals surface area contributed by atoms with Gasteiger partial charge in [-0.25, -0.2) is 4.39 Å². The standard InChI is InChI=1S/C19H20FNO2/c20-15-1-2-18-17(9-15)16(3-4-21-18)12-7-13-10-19(11-14(13)8-12)22-5-6-23-19/h1-4,9,12-14H,5-8,10-11H2/t12?,13-,14+. The number of pyridine rings is 1. The molecular formula is C19H20FNO2. The van der Waals surface area contributed by atoms with Crippen molar-refractivity contribution in [2.75, 3.05) is 13.2 Å². The molecule has 1 unspecified atom stereocenters. The van der Waals surface area contributed by atoms with Crippen LogP contribution in [0.15, 0.2) is 30.5 Å². The Bertz CT molecular complexity index is 740. The first-order chi connectivity index (χ1) is 11.2. The first-order valence-electron chi connectivity index (χ1n) is 8.55. The van der Waals surface area contributed by atoms with Crippen molar-refractivity contribution in [1.29, 1.82) is 0 Å². The summed E-state index contributed by atoms with van der Waals surface area (Å²) in [7, 11) is 0. The third kappa shape index (κ3) is 2.19. The maximum atomic E-state index is 13.7. The van der Waals surface area contributed by atoms with Gasteiger partial charge in [-0.15, -0.1) is 0 Å². The molecule has 2 saturated carbocycles. The molecule has 2 heterocycles.